The second kappa shape index (κ2) is 8.62. The van der Waals surface area contributed by atoms with Crippen LogP contribution in [-0.2, 0) is 6.54 Å². The third-order valence-corrected chi connectivity index (χ3v) is 4.11. The number of hydrogen-bond donors (Lipinski definition) is 1. The van der Waals surface area contributed by atoms with Crippen molar-refractivity contribution in [3.05, 3.63) is 52.8 Å². The Morgan fingerprint density at radius 2 is 1.82 bits per heavy atom. The minimum atomic E-state index is -0.353. The van der Waals surface area contributed by atoms with Crippen LogP contribution in [-0.4, -0.2) is 37.4 Å². The lowest BCUT2D eigenvalue weighted by atomic mass is 10.1. The number of rotatable bonds is 7. The van der Waals surface area contributed by atoms with E-state index >= 15 is 0 Å². The molecule has 1 amide bonds. The number of hydrogen-bond acceptors (Lipinski definition) is 7. The highest BCUT2D eigenvalue weighted by Crippen LogP contribution is 2.38. The average Bonchev–Trinajstić information content (AvgIpc) is 3.19. The van der Waals surface area contributed by atoms with Gasteiger partial charge in [0.15, 0.2) is 17.3 Å². The van der Waals surface area contributed by atoms with Crippen LogP contribution in [0.5, 0.6) is 17.2 Å². The van der Waals surface area contributed by atoms with Gasteiger partial charge in [-0.05, 0) is 30.3 Å². The zero-order valence-electron chi connectivity index (χ0n) is 15.5. The van der Waals surface area contributed by atoms with E-state index < -0.39 is 0 Å². The Balaban J connectivity index is 1.72. The second-order valence-electron chi connectivity index (χ2n) is 5.62. The summed E-state index contributed by atoms with van der Waals surface area (Å²) in [6.45, 7) is 0.0829. The number of aromatic nitrogens is 2. The summed E-state index contributed by atoms with van der Waals surface area (Å²) in [6.07, 6.45) is 0. The summed E-state index contributed by atoms with van der Waals surface area (Å²) in [7, 11) is 4.46. The van der Waals surface area contributed by atoms with Crippen molar-refractivity contribution < 1.29 is 23.5 Å². The zero-order chi connectivity index (χ0) is 20.1. The van der Waals surface area contributed by atoms with Crippen molar-refractivity contribution >= 4 is 17.5 Å². The van der Waals surface area contributed by atoms with Crippen LogP contribution in [0.1, 0.15) is 16.2 Å². The van der Waals surface area contributed by atoms with E-state index in [9.17, 15) is 4.79 Å². The highest BCUT2D eigenvalue weighted by molar-refractivity contribution is 6.30. The van der Waals surface area contributed by atoms with E-state index in [1.54, 1.807) is 36.4 Å². The predicted octanol–water partition coefficient (Wildman–Crippen LogP) is 3.35. The van der Waals surface area contributed by atoms with E-state index in [0.717, 1.165) is 0 Å². The van der Waals surface area contributed by atoms with E-state index in [1.807, 2.05) is 0 Å². The van der Waals surface area contributed by atoms with Crippen LogP contribution in [0.2, 0.25) is 5.02 Å². The highest BCUT2D eigenvalue weighted by Gasteiger charge is 2.17. The maximum atomic E-state index is 12.5. The molecule has 0 spiro atoms. The van der Waals surface area contributed by atoms with Gasteiger partial charge in [-0.1, -0.05) is 22.8 Å². The third kappa shape index (κ3) is 4.17. The monoisotopic (exact) mass is 403 g/mol. The number of halogens is 1. The molecule has 1 aromatic heterocycles. The minimum Gasteiger partial charge on any atom is -0.493 e. The Labute approximate surface area is 166 Å². The number of carbonyl (C=O) groups is 1. The van der Waals surface area contributed by atoms with Crippen molar-refractivity contribution in [1.82, 2.24) is 15.5 Å². The average molecular weight is 404 g/mol. The minimum absolute atomic E-state index is 0.0829. The van der Waals surface area contributed by atoms with Gasteiger partial charge in [0.1, 0.15) is 0 Å². The number of ether oxygens (including phenoxy) is 3. The summed E-state index contributed by atoms with van der Waals surface area (Å²) in [6, 6.07) is 10.2. The Morgan fingerprint density at radius 3 is 2.43 bits per heavy atom. The van der Waals surface area contributed by atoms with Gasteiger partial charge >= 0.3 is 0 Å². The fourth-order valence-corrected chi connectivity index (χ4v) is 2.73. The molecule has 1 heterocycles. The maximum absolute atomic E-state index is 12.5. The number of carbonyl (C=O) groups excluding carboxylic acids is 1. The van der Waals surface area contributed by atoms with Crippen LogP contribution in [0.15, 0.2) is 40.9 Å². The van der Waals surface area contributed by atoms with Gasteiger partial charge in [-0.3, -0.25) is 4.79 Å². The molecule has 0 aliphatic heterocycles. The van der Waals surface area contributed by atoms with Crippen LogP contribution < -0.4 is 19.5 Å². The van der Waals surface area contributed by atoms with Gasteiger partial charge in [0.25, 0.3) is 11.8 Å². The van der Waals surface area contributed by atoms with Gasteiger partial charge in [-0.25, -0.2) is 0 Å². The first-order chi connectivity index (χ1) is 13.5. The Bertz CT molecular complexity index is 964. The summed E-state index contributed by atoms with van der Waals surface area (Å²) < 4.78 is 21.0. The molecule has 0 radical (unpaired) electrons. The lowest BCUT2D eigenvalue weighted by Crippen LogP contribution is -2.23. The molecule has 0 aliphatic carbocycles. The van der Waals surface area contributed by atoms with Crippen LogP contribution >= 0.6 is 11.6 Å². The molecule has 3 rings (SSSR count). The zero-order valence-corrected chi connectivity index (χ0v) is 16.2. The van der Waals surface area contributed by atoms with E-state index in [-0.39, 0.29) is 12.5 Å². The maximum Gasteiger partial charge on any atom is 0.258 e. The van der Waals surface area contributed by atoms with Gasteiger partial charge in [0.05, 0.1) is 27.9 Å². The smallest absolute Gasteiger partial charge is 0.258 e. The van der Waals surface area contributed by atoms with Crippen molar-refractivity contribution in [2.45, 2.75) is 6.54 Å². The van der Waals surface area contributed by atoms with E-state index in [0.29, 0.717) is 45.1 Å². The number of methoxy groups -OCH3 is 3. The van der Waals surface area contributed by atoms with Gasteiger partial charge < -0.3 is 24.1 Å². The first kappa shape index (κ1) is 19.5. The van der Waals surface area contributed by atoms with Crippen LogP contribution in [0.3, 0.4) is 0 Å². The topological polar surface area (TPSA) is 95.7 Å². The molecule has 28 heavy (non-hydrogen) atoms. The van der Waals surface area contributed by atoms with Crippen molar-refractivity contribution in [1.29, 1.82) is 0 Å². The molecule has 0 unspecified atom stereocenters. The van der Waals surface area contributed by atoms with Crippen molar-refractivity contribution in [2.75, 3.05) is 21.3 Å². The molecule has 1 N–H and O–H groups in total. The Kier molecular flexibility index (Phi) is 6.00. The van der Waals surface area contributed by atoms with Crippen LogP contribution in [0, 0.1) is 0 Å². The van der Waals surface area contributed by atoms with Gasteiger partial charge in [-0.15, -0.1) is 0 Å². The summed E-state index contributed by atoms with van der Waals surface area (Å²) >= 11 is 5.97. The summed E-state index contributed by atoms with van der Waals surface area (Å²) in [4.78, 5) is 16.8. The Morgan fingerprint density at radius 1 is 1.11 bits per heavy atom. The molecule has 0 aliphatic rings. The summed E-state index contributed by atoms with van der Waals surface area (Å²) in [5.74, 6) is 1.47. The first-order valence-electron chi connectivity index (χ1n) is 8.22. The van der Waals surface area contributed by atoms with E-state index in [1.165, 1.54) is 21.3 Å². The molecule has 2 aromatic carbocycles. The summed E-state index contributed by atoms with van der Waals surface area (Å²) in [5.41, 5.74) is 1.04. The van der Waals surface area contributed by atoms with Crippen molar-refractivity contribution in [2.24, 2.45) is 0 Å². The normalized spacial score (nSPS) is 10.4. The fourth-order valence-electron chi connectivity index (χ4n) is 2.54. The predicted molar refractivity (Wildman–Crippen MR) is 102 cm³/mol. The van der Waals surface area contributed by atoms with Crippen LogP contribution in [0.4, 0.5) is 0 Å². The molecule has 0 bridgehead atoms. The first-order valence-corrected chi connectivity index (χ1v) is 8.60. The van der Waals surface area contributed by atoms with Gasteiger partial charge in [0, 0.05) is 16.1 Å². The molecule has 0 saturated carbocycles. The molecular formula is C19H18ClN3O5. The van der Waals surface area contributed by atoms with Crippen molar-refractivity contribution in [3.8, 4) is 28.7 Å². The molecule has 9 heteroatoms. The van der Waals surface area contributed by atoms with Crippen LogP contribution in [0.25, 0.3) is 11.5 Å². The number of nitrogens with zero attached hydrogens (tertiary/aromatic N) is 2. The molecular weight excluding hydrogens is 386 g/mol. The molecule has 146 valence electrons. The summed E-state index contributed by atoms with van der Waals surface area (Å²) in [5, 5.41) is 7.16. The van der Waals surface area contributed by atoms with Crippen molar-refractivity contribution in [3.63, 3.8) is 0 Å². The van der Waals surface area contributed by atoms with E-state index in [2.05, 4.69) is 15.5 Å². The van der Waals surface area contributed by atoms with E-state index in [4.69, 9.17) is 30.3 Å². The van der Waals surface area contributed by atoms with Gasteiger partial charge in [0.2, 0.25) is 5.75 Å². The molecule has 3 aromatic rings. The number of nitrogens with one attached hydrogen (secondary N) is 1. The fraction of sp³-hybridized carbons (Fsp3) is 0.211. The lowest BCUT2D eigenvalue weighted by Gasteiger charge is -2.13. The third-order valence-electron chi connectivity index (χ3n) is 3.87. The lowest BCUT2D eigenvalue weighted by molar-refractivity contribution is 0.0949. The number of amides is 1. The SMILES string of the molecule is COc1cc(C(=O)NCc2noc(-c3cccc(Cl)c3)n2)cc(OC)c1OC. The molecule has 0 fully saturated rings. The molecule has 0 saturated heterocycles. The molecule has 0 atom stereocenters. The standard InChI is InChI=1S/C19H18ClN3O5/c1-25-14-8-12(9-15(26-2)17(14)27-3)18(24)21-10-16-22-19(28-23-16)11-5-4-6-13(20)7-11/h4-9H,10H2,1-3H3,(H,21,24). The number of benzene rings is 2. The quantitative estimate of drug-likeness (QED) is 0.646. The highest BCUT2D eigenvalue weighted by atomic mass is 35.5. The largest absolute Gasteiger partial charge is 0.493 e. The van der Waals surface area contributed by atoms with Gasteiger partial charge in [-0.2, -0.15) is 4.98 Å². The Hall–Kier alpha value is -3.26. The second-order valence-corrected chi connectivity index (χ2v) is 6.06. The molecule has 8 nitrogen and oxygen atoms in total.